The first-order chi connectivity index (χ1) is 11.9. The van der Waals surface area contributed by atoms with Gasteiger partial charge in [0.05, 0.1) is 17.2 Å². The molecular formula is C18H18F6N2. The molecule has 8 heteroatoms. The summed E-state index contributed by atoms with van der Waals surface area (Å²) >= 11 is 0. The number of nitrogens with two attached hydrogens (primary N) is 1. The molecule has 2 atom stereocenters. The predicted octanol–water partition coefficient (Wildman–Crippen LogP) is 5.03. The quantitative estimate of drug-likeness (QED) is 0.759. The van der Waals surface area contributed by atoms with Gasteiger partial charge in [0.2, 0.25) is 0 Å². The van der Waals surface area contributed by atoms with Crippen LogP contribution in [-0.4, -0.2) is 19.0 Å². The van der Waals surface area contributed by atoms with Crippen molar-refractivity contribution in [2.24, 2.45) is 5.73 Å². The van der Waals surface area contributed by atoms with E-state index in [1.807, 2.05) is 0 Å². The van der Waals surface area contributed by atoms with Crippen molar-refractivity contribution in [3.63, 3.8) is 0 Å². The van der Waals surface area contributed by atoms with E-state index in [1.54, 1.807) is 19.0 Å². The highest BCUT2D eigenvalue weighted by Gasteiger charge is 2.34. The molecule has 0 saturated heterocycles. The lowest BCUT2D eigenvalue weighted by molar-refractivity contribution is -0.138. The molecule has 2 aromatic rings. The molecule has 2 N–H and O–H groups in total. The topological polar surface area (TPSA) is 29.3 Å². The fourth-order valence-electron chi connectivity index (χ4n) is 2.83. The average Bonchev–Trinajstić information content (AvgIpc) is 2.53. The van der Waals surface area contributed by atoms with E-state index in [2.05, 4.69) is 0 Å². The summed E-state index contributed by atoms with van der Waals surface area (Å²) in [5.74, 6) is 0. The highest BCUT2D eigenvalue weighted by molar-refractivity contribution is 5.34. The third-order valence-electron chi connectivity index (χ3n) is 4.05. The van der Waals surface area contributed by atoms with E-state index < -0.39 is 35.6 Å². The molecule has 2 aromatic carbocycles. The lowest BCUT2D eigenvalue weighted by atomic mass is 9.91. The van der Waals surface area contributed by atoms with Gasteiger partial charge in [0.25, 0.3) is 0 Å². The minimum atomic E-state index is -4.53. The minimum Gasteiger partial charge on any atom is -0.322 e. The molecule has 26 heavy (non-hydrogen) atoms. The summed E-state index contributed by atoms with van der Waals surface area (Å²) in [6.07, 6.45) is -9.05. The highest BCUT2D eigenvalue weighted by atomic mass is 19.4. The Kier molecular flexibility index (Phi) is 5.67. The Morgan fingerprint density at radius 1 is 0.769 bits per heavy atom. The standard InChI is InChI=1S/C18H18F6N2/c1-26(2)16(12-6-4-8-14(10-12)18(22,23)24)15(25)11-5-3-7-13(9-11)17(19,20)21/h3-10,15-16H,25H2,1-2H3/t15-,16-/m1/s1. The van der Waals surface area contributed by atoms with Crippen LogP contribution in [0.5, 0.6) is 0 Å². The Bertz CT molecular complexity index is 752. The van der Waals surface area contributed by atoms with E-state index in [0.29, 0.717) is 0 Å². The van der Waals surface area contributed by atoms with Crippen LogP contribution in [0.2, 0.25) is 0 Å². The summed E-state index contributed by atoms with van der Waals surface area (Å²) in [7, 11) is 3.22. The van der Waals surface area contributed by atoms with Crippen molar-refractivity contribution in [1.82, 2.24) is 4.90 Å². The predicted molar refractivity (Wildman–Crippen MR) is 86.2 cm³/mol. The fourth-order valence-corrected chi connectivity index (χ4v) is 2.83. The molecule has 0 amide bonds. The molecule has 0 heterocycles. The fraction of sp³-hybridized carbons (Fsp3) is 0.333. The van der Waals surface area contributed by atoms with Crippen molar-refractivity contribution in [3.05, 3.63) is 70.8 Å². The zero-order chi connectivity index (χ0) is 19.7. The first-order valence-electron chi connectivity index (χ1n) is 7.67. The summed E-state index contributed by atoms with van der Waals surface area (Å²) in [5.41, 5.74) is 4.93. The van der Waals surface area contributed by atoms with E-state index in [9.17, 15) is 26.3 Å². The molecule has 0 unspecified atom stereocenters. The number of hydrogen-bond donors (Lipinski definition) is 1. The molecule has 0 aliphatic heterocycles. The minimum absolute atomic E-state index is 0.191. The van der Waals surface area contributed by atoms with Crippen molar-refractivity contribution in [2.45, 2.75) is 24.4 Å². The van der Waals surface area contributed by atoms with Gasteiger partial charge in [-0.1, -0.05) is 24.3 Å². The molecule has 0 radical (unpaired) electrons. The Labute approximate surface area is 147 Å². The van der Waals surface area contributed by atoms with Gasteiger partial charge in [-0.05, 0) is 49.5 Å². The number of halogens is 6. The van der Waals surface area contributed by atoms with Crippen LogP contribution in [0.3, 0.4) is 0 Å². The van der Waals surface area contributed by atoms with Crippen molar-refractivity contribution >= 4 is 0 Å². The van der Waals surface area contributed by atoms with E-state index >= 15 is 0 Å². The maximum atomic E-state index is 13.0. The zero-order valence-corrected chi connectivity index (χ0v) is 14.1. The van der Waals surface area contributed by atoms with Crippen molar-refractivity contribution in [3.8, 4) is 0 Å². The molecule has 0 spiro atoms. The second-order valence-electron chi connectivity index (χ2n) is 6.18. The van der Waals surface area contributed by atoms with Crippen LogP contribution in [0.25, 0.3) is 0 Å². The molecular weight excluding hydrogens is 358 g/mol. The molecule has 2 nitrogen and oxygen atoms in total. The van der Waals surface area contributed by atoms with Crippen molar-refractivity contribution in [1.29, 1.82) is 0 Å². The third-order valence-corrected chi connectivity index (χ3v) is 4.05. The van der Waals surface area contributed by atoms with Crippen LogP contribution in [0.15, 0.2) is 48.5 Å². The monoisotopic (exact) mass is 376 g/mol. The molecule has 0 fully saturated rings. The average molecular weight is 376 g/mol. The second kappa shape index (κ2) is 7.28. The molecule has 0 aromatic heterocycles. The van der Waals surface area contributed by atoms with Crippen LogP contribution >= 0.6 is 0 Å². The second-order valence-corrected chi connectivity index (χ2v) is 6.18. The summed E-state index contributed by atoms with van der Waals surface area (Å²) in [6, 6.07) is 7.47. The smallest absolute Gasteiger partial charge is 0.322 e. The summed E-state index contributed by atoms with van der Waals surface area (Å²) in [6.45, 7) is 0. The van der Waals surface area contributed by atoms with Crippen LogP contribution in [-0.2, 0) is 12.4 Å². The van der Waals surface area contributed by atoms with Gasteiger partial charge >= 0.3 is 12.4 Å². The van der Waals surface area contributed by atoms with Gasteiger partial charge in [0.1, 0.15) is 0 Å². The molecule has 142 valence electrons. The lowest BCUT2D eigenvalue weighted by Gasteiger charge is -2.31. The van der Waals surface area contributed by atoms with Gasteiger partial charge in [-0.2, -0.15) is 26.3 Å². The SMILES string of the molecule is CN(C)[C@H](c1cccc(C(F)(F)F)c1)[C@H](N)c1cccc(C(F)(F)F)c1. The summed E-state index contributed by atoms with van der Waals surface area (Å²) in [4.78, 5) is 1.58. The number of alkyl halides is 6. The first-order valence-corrected chi connectivity index (χ1v) is 7.67. The molecule has 0 saturated carbocycles. The normalized spacial score (nSPS) is 15.2. The van der Waals surface area contributed by atoms with Crippen LogP contribution in [0.4, 0.5) is 26.3 Å². The maximum Gasteiger partial charge on any atom is 0.416 e. The molecule has 0 aliphatic carbocycles. The number of likely N-dealkylation sites (N-methyl/N-ethyl adjacent to an activating group) is 1. The Morgan fingerprint density at radius 2 is 1.19 bits per heavy atom. The molecule has 2 rings (SSSR count). The molecule has 0 aliphatic rings. The van der Waals surface area contributed by atoms with Gasteiger partial charge < -0.3 is 10.6 Å². The van der Waals surface area contributed by atoms with Gasteiger partial charge in [-0.15, -0.1) is 0 Å². The number of benzene rings is 2. The van der Waals surface area contributed by atoms with Crippen molar-refractivity contribution < 1.29 is 26.3 Å². The Hall–Kier alpha value is -2.06. The summed E-state index contributed by atoms with van der Waals surface area (Å²) in [5, 5.41) is 0. The van der Waals surface area contributed by atoms with E-state index in [1.165, 1.54) is 24.3 Å². The third kappa shape index (κ3) is 4.56. The van der Waals surface area contributed by atoms with Crippen LogP contribution < -0.4 is 5.73 Å². The van der Waals surface area contributed by atoms with E-state index in [-0.39, 0.29) is 11.1 Å². The first kappa shape index (κ1) is 20.3. The van der Waals surface area contributed by atoms with Gasteiger partial charge in [0.15, 0.2) is 0 Å². The van der Waals surface area contributed by atoms with Crippen LogP contribution in [0, 0.1) is 0 Å². The maximum absolute atomic E-state index is 13.0. The molecule has 0 bridgehead atoms. The van der Waals surface area contributed by atoms with Gasteiger partial charge in [-0.25, -0.2) is 0 Å². The number of nitrogens with zero attached hydrogens (tertiary/aromatic N) is 1. The Morgan fingerprint density at radius 3 is 1.62 bits per heavy atom. The highest BCUT2D eigenvalue weighted by Crippen LogP contribution is 2.37. The number of hydrogen-bond acceptors (Lipinski definition) is 2. The van der Waals surface area contributed by atoms with E-state index in [4.69, 9.17) is 5.73 Å². The van der Waals surface area contributed by atoms with Crippen LogP contribution in [0.1, 0.15) is 34.3 Å². The van der Waals surface area contributed by atoms with E-state index in [0.717, 1.165) is 24.3 Å². The van der Waals surface area contributed by atoms with Crippen molar-refractivity contribution in [2.75, 3.05) is 14.1 Å². The lowest BCUT2D eigenvalue weighted by Crippen LogP contribution is -2.31. The van der Waals surface area contributed by atoms with Gasteiger partial charge in [-0.3, -0.25) is 0 Å². The summed E-state index contributed by atoms with van der Waals surface area (Å²) < 4.78 is 77.7. The zero-order valence-electron chi connectivity index (χ0n) is 14.1. The van der Waals surface area contributed by atoms with Gasteiger partial charge in [0, 0.05) is 6.04 Å². The largest absolute Gasteiger partial charge is 0.416 e. The number of rotatable bonds is 4. The Balaban J connectivity index is 2.45.